The minimum atomic E-state index is 0.465. The third-order valence-corrected chi connectivity index (χ3v) is 2.82. The van der Waals surface area contributed by atoms with E-state index in [2.05, 4.69) is 16.5 Å². The summed E-state index contributed by atoms with van der Waals surface area (Å²) < 4.78 is 2.09. The predicted octanol–water partition coefficient (Wildman–Crippen LogP) is 2.68. The van der Waals surface area contributed by atoms with E-state index in [1.54, 1.807) is 6.20 Å². The van der Waals surface area contributed by atoms with Gasteiger partial charge in [0.1, 0.15) is 5.82 Å². The molecule has 0 amide bonds. The molecular weight excluding hydrogens is 222 g/mol. The van der Waals surface area contributed by atoms with Gasteiger partial charge < -0.3 is 10.3 Å². The van der Waals surface area contributed by atoms with Crippen LogP contribution in [0.4, 0.5) is 0 Å². The maximum atomic E-state index is 5.95. The van der Waals surface area contributed by atoms with Crippen molar-refractivity contribution < 1.29 is 0 Å². The Balaban J connectivity index is 2.55. The summed E-state index contributed by atoms with van der Waals surface area (Å²) in [5, 5.41) is 0.707. The van der Waals surface area contributed by atoms with Crippen molar-refractivity contribution in [1.29, 1.82) is 0 Å². The normalized spacial score (nSPS) is 10.7. The van der Waals surface area contributed by atoms with Crippen LogP contribution in [-0.4, -0.2) is 9.55 Å². The van der Waals surface area contributed by atoms with Gasteiger partial charge in [-0.05, 0) is 30.7 Å². The second-order valence-corrected chi connectivity index (χ2v) is 3.98. The second-order valence-electron chi connectivity index (χ2n) is 3.54. The summed E-state index contributed by atoms with van der Waals surface area (Å²) in [5.74, 6) is 0.944. The summed E-state index contributed by atoms with van der Waals surface area (Å²) in [7, 11) is 0. The number of nitrogens with two attached hydrogens (primary N) is 1. The fourth-order valence-corrected chi connectivity index (χ4v) is 1.95. The number of hydrogen-bond donors (Lipinski definition) is 1. The zero-order valence-electron chi connectivity index (χ0n) is 9.15. The van der Waals surface area contributed by atoms with Gasteiger partial charge in [0.25, 0.3) is 0 Å². The van der Waals surface area contributed by atoms with Gasteiger partial charge in [-0.15, -0.1) is 0 Å². The molecule has 0 unspecified atom stereocenters. The maximum absolute atomic E-state index is 5.95. The highest BCUT2D eigenvalue weighted by atomic mass is 35.5. The standard InChI is InChI=1S/C12H14ClN3/c1-2-16-6-5-15-12(16)11-4-3-10(13)7-9(11)8-14/h3-7H,2,8,14H2,1H3. The summed E-state index contributed by atoms with van der Waals surface area (Å²) in [4.78, 5) is 4.36. The van der Waals surface area contributed by atoms with Gasteiger partial charge in [0.2, 0.25) is 0 Å². The zero-order valence-corrected chi connectivity index (χ0v) is 9.91. The molecule has 16 heavy (non-hydrogen) atoms. The number of aromatic nitrogens is 2. The molecule has 2 rings (SSSR count). The van der Waals surface area contributed by atoms with E-state index >= 15 is 0 Å². The Hall–Kier alpha value is -1.32. The Morgan fingerprint density at radius 3 is 2.94 bits per heavy atom. The number of hydrogen-bond acceptors (Lipinski definition) is 2. The van der Waals surface area contributed by atoms with Gasteiger partial charge in [-0.3, -0.25) is 0 Å². The second kappa shape index (κ2) is 4.68. The summed E-state index contributed by atoms with van der Waals surface area (Å²) in [6.45, 7) is 3.44. The van der Waals surface area contributed by atoms with E-state index in [-0.39, 0.29) is 0 Å². The number of rotatable bonds is 3. The van der Waals surface area contributed by atoms with Crippen molar-refractivity contribution in [3.63, 3.8) is 0 Å². The monoisotopic (exact) mass is 235 g/mol. The minimum absolute atomic E-state index is 0.465. The lowest BCUT2D eigenvalue weighted by atomic mass is 10.1. The van der Waals surface area contributed by atoms with E-state index in [0.29, 0.717) is 11.6 Å². The average molecular weight is 236 g/mol. The van der Waals surface area contributed by atoms with Crippen LogP contribution >= 0.6 is 11.6 Å². The molecule has 4 heteroatoms. The Kier molecular flexibility index (Phi) is 3.27. The van der Waals surface area contributed by atoms with E-state index in [4.69, 9.17) is 17.3 Å². The molecule has 1 heterocycles. The van der Waals surface area contributed by atoms with Crippen molar-refractivity contribution in [2.24, 2.45) is 5.73 Å². The first-order valence-corrected chi connectivity index (χ1v) is 5.64. The molecule has 84 valence electrons. The van der Waals surface area contributed by atoms with E-state index in [1.165, 1.54) is 0 Å². The smallest absolute Gasteiger partial charge is 0.140 e. The van der Waals surface area contributed by atoms with Crippen LogP contribution in [0.3, 0.4) is 0 Å². The zero-order chi connectivity index (χ0) is 11.5. The van der Waals surface area contributed by atoms with Gasteiger partial charge in [0.15, 0.2) is 0 Å². The molecule has 3 nitrogen and oxygen atoms in total. The van der Waals surface area contributed by atoms with E-state index < -0.39 is 0 Å². The van der Waals surface area contributed by atoms with Crippen LogP contribution in [0, 0.1) is 0 Å². The summed E-state index contributed by atoms with van der Waals surface area (Å²) in [5.41, 5.74) is 7.80. The fourth-order valence-electron chi connectivity index (χ4n) is 1.76. The molecule has 1 aromatic carbocycles. The highest BCUT2D eigenvalue weighted by Crippen LogP contribution is 2.25. The highest BCUT2D eigenvalue weighted by Gasteiger charge is 2.09. The van der Waals surface area contributed by atoms with Crippen molar-refractivity contribution >= 4 is 11.6 Å². The predicted molar refractivity (Wildman–Crippen MR) is 66.2 cm³/mol. The lowest BCUT2D eigenvalue weighted by Gasteiger charge is -2.09. The van der Waals surface area contributed by atoms with Gasteiger partial charge in [-0.1, -0.05) is 11.6 Å². The molecular formula is C12H14ClN3. The third kappa shape index (κ3) is 1.96. The van der Waals surface area contributed by atoms with Crippen LogP contribution in [-0.2, 0) is 13.1 Å². The number of benzene rings is 1. The van der Waals surface area contributed by atoms with Crippen LogP contribution in [0.5, 0.6) is 0 Å². The molecule has 0 saturated heterocycles. The van der Waals surface area contributed by atoms with Gasteiger partial charge in [-0.2, -0.15) is 0 Å². The van der Waals surface area contributed by atoms with Crippen molar-refractivity contribution in [3.8, 4) is 11.4 Å². The van der Waals surface area contributed by atoms with E-state index in [1.807, 2.05) is 24.4 Å². The van der Waals surface area contributed by atoms with E-state index in [0.717, 1.165) is 23.5 Å². The van der Waals surface area contributed by atoms with Gasteiger partial charge in [-0.25, -0.2) is 4.98 Å². The number of aryl methyl sites for hydroxylation is 1. The molecule has 2 aromatic rings. The van der Waals surface area contributed by atoms with Crippen LogP contribution in [0.2, 0.25) is 5.02 Å². The molecule has 0 saturated carbocycles. The number of imidazole rings is 1. The molecule has 2 N–H and O–H groups in total. The van der Waals surface area contributed by atoms with Crippen LogP contribution in [0.15, 0.2) is 30.6 Å². The van der Waals surface area contributed by atoms with Crippen molar-refractivity contribution in [3.05, 3.63) is 41.2 Å². The van der Waals surface area contributed by atoms with Crippen LogP contribution < -0.4 is 5.73 Å². The Labute approximate surface area is 99.9 Å². The van der Waals surface area contributed by atoms with Crippen molar-refractivity contribution in [2.75, 3.05) is 0 Å². The Morgan fingerprint density at radius 1 is 1.44 bits per heavy atom. The van der Waals surface area contributed by atoms with Gasteiger partial charge in [0, 0.05) is 36.1 Å². The first-order valence-electron chi connectivity index (χ1n) is 5.26. The summed E-state index contributed by atoms with van der Waals surface area (Å²) in [6, 6.07) is 5.73. The number of halogens is 1. The Morgan fingerprint density at radius 2 is 2.25 bits per heavy atom. The molecule has 0 aliphatic rings. The molecule has 0 fully saturated rings. The molecule has 0 aliphatic carbocycles. The largest absolute Gasteiger partial charge is 0.331 e. The molecule has 0 bridgehead atoms. The molecule has 0 atom stereocenters. The SMILES string of the molecule is CCn1ccnc1-c1ccc(Cl)cc1CN. The summed E-state index contributed by atoms with van der Waals surface area (Å²) >= 11 is 5.95. The summed E-state index contributed by atoms with van der Waals surface area (Å²) in [6.07, 6.45) is 3.76. The van der Waals surface area contributed by atoms with Gasteiger partial charge >= 0.3 is 0 Å². The average Bonchev–Trinajstić information content (AvgIpc) is 2.76. The minimum Gasteiger partial charge on any atom is -0.331 e. The van der Waals surface area contributed by atoms with Crippen LogP contribution in [0.1, 0.15) is 12.5 Å². The molecule has 0 radical (unpaired) electrons. The van der Waals surface area contributed by atoms with E-state index in [9.17, 15) is 0 Å². The lowest BCUT2D eigenvalue weighted by Crippen LogP contribution is -2.03. The highest BCUT2D eigenvalue weighted by molar-refractivity contribution is 6.30. The fraction of sp³-hybridized carbons (Fsp3) is 0.250. The molecule has 0 aliphatic heterocycles. The number of nitrogens with zero attached hydrogens (tertiary/aromatic N) is 2. The first-order chi connectivity index (χ1) is 7.76. The quantitative estimate of drug-likeness (QED) is 0.889. The van der Waals surface area contributed by atoms with Crippen molar-refractivity contribution in [2.45, 2.75) is 20.0 Å². The van der Waals surface area contributed by atoms with Crippen LogP contribution in [0.25, 0.3) is 11.4 Å². The third-order valence-electron chi connectivity index (χ3n) is 2.58. The lowest BCUT2D eigenvalue weighted by molar-refractivity contribution is 0.769. The topological polar surface area (TPSA) is 43.8 Å². The first kappa shape index (κ1) is 11.2. The Bertz CT molecular complexity index is 491. The van der Waals surface area contributed by atoms with Crippen molar-refractivity contribution in [1.82, 2.24) is 9.55 Å². The molecule has 0 spiro atoms. The maximum Gasteiger partial charge on any atom is 0.140 e. The molecule has 1 aromatic heterocycles. The van der Waals surface area contributed by atoms with Gasteiger partial charge in [0.05, 0.1) is 0 Å².